The van der Waals surface area contributed by atoms with E-state index in [2.05, 4.69) is 4.74 Å². The Labute approximate surface area is 100.0 Å². The molecule has 0 bridgehead atoms. The van der Waals surface area contributed by atoms with Gasteiger partial charge in [0.2, 0.25) is 0 Å². The van der Waals surface area contributed by atoms with Crippen molar-refractivity contribution < 1.29 is 32.2 Å². The predicted molar refractivity (Wildman–Crippen MR) is 53.7 cm³/mol. The maximum Gasteiger partial charge on any atom is 0.337 e. The van der Waals surface area contributed by atoms with Gasteiger partial charge in [-0.1, -0.05) is 30.3 Å². The molecule has 0 aromatic heterocycles. The lowest BCUT2D eigenvalue weighted by Crippen LogP contribution is -2.34. The second kappa shape index (κ2) is 5.81. The Hall–Kier alpha value is -1.63. The van der Waals surface area contributed by atoms with Crippen molar-refractivity contribution >= 4 is 5.97 Å². The van der Waals surface area contributed by atoms with Crippen LogP contribution in [0.4, 0.5) is 17.6 Å². The summed E-state index contributed by atoms with van der Waals surface area (Å²) in [6.45, 7) is -1.66. The SMILES string of the molecule is O=C(O)C(OCC(F)(F)C(F)F)c1ccccc1. The fourth-order valence-corrected chi connectivity index (χ4v) is 1.20. The van der Waals surface area contributed by atoms with E-state index in [9.17, 15) is 22.4 Å². The Bertz CT molecular complexity index is 395. The van der Waals surface area contributed by atoms with Gasteiger partial charge < -0.3 is 9.84 Å². The number of carboxylic acid groups (broad SMARTS) is 1. The molecule has 0 fully saturated rings. The fourth-order valence-electron chi connectivity index (χ4n) is 1.20. The van der Waals surface area contributed by atoms with Crippen LogP contribution in [0.25, 0.3) is 0 Å². The van der Waals surface area contributed by atoms with Gasteiger partial charge in [0.25, 0.3) is 0 Å². The highest BCUT2D eigenvalue weighted by Gasteiger charge is 2.42. The summed E-state index contributed by atoms with van der Waals surface area (Å²) in [7, 11) is 0. The highest BCUT2D eigenvalue weighted by atomic mass is 19.3. The molecule has 1 aromatic carbocycles. The summed E-state index contributed by atoms with van der Waals surface area (Å²) in [6, 6.07) is 7.26. The molecular weight excluding hydrogens is 256 g/mol. The lowest BCUT2D eigenvalue weighted by atomic mass is 10.1. The van der Waals surface area contributed by atoms with Gasteiger partial charge >= 0.3 is 18.3 Å². The molecule has 0 saturated heterocycles. The van der Waals surface area contributed by atoms with Gasteiger partial charge in [-0.25, -0.2) is 13.6 Å². The van der Waals surface area contributed by atoms with Crippen LogP contribution in [0, 0.1) is 0 Å². The average Bonchev–Trinajstić information content (AvgIpc) is 2.29. The minimum Gasteiger partial charge on any atom is -0.479 e. The van der Waals surface area contributed by atoms with Gasteiger partial charge in [-0.05, 0) is 5.56 Å². The lowest BCUT2D eigenvalue weighted by molar-refractivity contribution is -0.186. The van der Waals surface area contributed by atoms with Crippen LogP contribution in [0.3, 0.4) is 0 Å². The Balaban J connectivity index is 2.75. The zero-order valence-electron chi connectivity index (χ0n) is 9.02. The molecule has 1 rings (SSSR count). The fraction of sp³-hybridized carbons (Fsp3) is 0.364. The van der Waals surface area contributed by atoms with Gasteiger partial charge in [0.15, 0.2) is 6.10 Å². The van der Waals surface area contributed by atoms with Gasteiger partial charge in [0.05, 0.1) is 0 Å². The third-order valence-electron chi connectivity index (χ3n) is 2.09. The second-order valence-electron chi connectivity index (χ2n) is 3.50. The standard InChI is InChI=1S/C11H10F4O3/c12-10(13)11(14,15)6-18-8(9(16)17)7-4-2-1-3-5-7/h1-5,8,10H,6H2,(H,16,17). The first-order valence-electron chi connectivity index (χ1n) is 4.90. The number of aliphatic carboxylic acids is 1. The number of benzene rings is 1. The monoisotopic (exact) mass is 266 g/mol. The number of ether oxygens (including phenoxy) is 1. The summed E-state index contributed by atoms with van der Waals surface area (Å²) in [5.41, 5.74) is 0.107. The predicted octanol–water partition coefficient (Wildman–Crippen LogP) is 2.73. The van der Waals surface area contributed by atoms with Crippen molar-refractivity contribution in [3.8, 4) is 0 Å². The molecule has 100 valence electrons. The summed E-state index contributed by atoms with van der Waals surface area (Å²) in [6.07, 6.45) is -5.60. The van der Waals surface area contributed by atoms with Crippen LogP contribution < -0.4 is 0 Å². The zero-order chi connectivity index (χ0) is 13.8. The van der Waals surface area contributed by atoms with Gasteiger partial charge in [-0.15, -0.1) is 0 Å². The number of halogens is 4. The first kappa shape index (κ1) is 14.4. The van der Waals surface area contributed by atoms with E-state index in [0.29, 0.717) is 0 Å². The van der Waals surface area contributed by atoms with Crippen molar-refractivity contribution in [2.75, 3.05) is 6.61 Å². The van der Waals surface area contributed by atoms with Crippen molar-refractivity contribution in [3.05, 3.63) is 35.9 Å². The third kappa shape index (κ3) is 3.69. The Morgan fingerprint density at radius 2 is 1.83 bits per heavy atom. The molecule has 0 spiro atoms. The minimum atomic E-state index is -4.37. The van der Waals surface area contributed by atoms with E-state index in [1.807, 2.05) is 0 Å². The maximum absolute atomic E-state index is 12.6. The van der Waals surface area contributed by atoms with E-state index >= 15 is 0 Å². The Morgan fingerprint density at radius 1 is 1.28 bits per heavy atom. The molecule has 0 saturated carbocycles. The number of carboxylic acids is 1. The molecule has 0 amide bonds. The number of alkyl halides is 4. The van der Waals surface area contributed by atoms with E-state index < -0.39 is 31.0 Å². The van der Waals surface area contributed by atoms with Crippen LogP contribution in [-0.4, -0.2) is 30.0 Å². The zero-order valence-corrected chi connectivity index (χ0v) is 9.02. The van der Waals surface area contributed by atoms with E-state index in [-0.39, 0.29) is 5.56 Å². The van der Waals surface area contributed by atoms with Crippen LogP contribution in [0.1, 0.15) is 11.7 Å². The molecule has 18 heavy (non-hydrogen) atoms. The third-order valence-corrected chi connectivity index (χ3v) is 2.09. The number of rotatable bonds is 6. The molecule has 1 aromatic rings. The van der Waals surface area contributed by atoms with E-state index in [0.717, 1.165) is 0 Å². The largest absolute Gasteiger partial charge is 0.479 e. The molecule has 3 nitrogen and oxygen atoms in total. The number of hydrogen-bond acceptors (Lipinski definition) is 2. The average molecular weight is 266 g/mol. The Morgan fingerprint density at radius 3 is 2.28 bits per heavy atom. The van der Waals surface area contributed by atoms with Crippen molar-refractivity contribution in [3.63, 3.8) is 0 Å². The van der Waals surface area contributed by atoms with Crippen molar-refractivity contribution in [1.29, 1.82) is 0 Å². The normalized spacial score (nSPS) is 13.6. The number of hydrogen-bond donors (Lipinski definition) is 1. The summed E-state index contributed by atoms with van der Waals surface area (Å²) >= 11 is 0. The van der Waals surface area contributed by atoms with E-state index in [1.54, 1.807) is 6.07 Å². The van der Waals surface area contributed by atoms with Crippen LogP contribution in [0.15, 0.2) is 30.3 Å². The van der Waals surface area contributed by atoms with Crippen LogP contribution in [0.2, 0.25) is 0 Å². The molecule has 0 heterocycles. The molecular formula is C11H10F4O3. The first-order valence-corrected chi connectivity index (χ1v) is 4.90. The Kier molecular flexibility index (Phi) is 4.66. The van der Waals surface area contributed by atoms with Gasteiger partial charge in [-0.2, -0.15) is 8.78 Å². The smallest absolute Gasteiger partial charge is 0.337 e. The van der Waals surface area contributed by atoms with Crippen LogP contribution >= 0.6 is 0 Å². The molecule has 1 atom stereocenters. The molecule has 1 unspecified atom stereocenters. The van der Waals surface area contributed by atoms with E-state index in [4.69, 9.17) is 5.11 Å². The molecule has 0 aliphatic heterocycles. The van der Waals surface area contributed by atoms with Gasteiger partial charge in [-0.3, -0.25) is 0 Å². The molecule has 7 heteroatoms. The summed E-state index contributed by atoms with van der Waals surface area (Å²) in [5.74, 6) is -5.89. The molecule has 1 N–H and O–H groups in total. The quantitative estimate of drug-likeness (QED) is 0.805. The molecule has 0 radical (unpaired) electrons. The van der Waals surface area contributed by atoms with E-state index in [1.165, 1.54) is 24.3 Å². The van der Waals surface area contributed by atoms with Crippen LogP contribution in [-0.2, 0) is 9.53 Å². The summed E-state index contributed by atoms with van der Waals surface area (Å²) in [4.78, 5) is 10.8. The second-order valence-corrected chi connectivity index (χ2v) is 3.50. The summed E-state index contributed by atoms with van der Waals surface area (Å²) < 4.78 is 53.4. The molecule has 0 aliphatic carbocycles. The first-order chi connectivity index (χ1) is 8.34. The lowest BCUT2D eigenvalue weighted by Gasteiger charge is -2.19. The maximum atomic E-state index is 12.6. The van der Waals surface area contributed by atoms with Crippen molar-refractivity contribution in [2.45, 2.75) is 18.5 Å². The highest BCUT2D eigenvalue weighted by molar-refractivity contribution is 5.74. The van der Waals surface area contributed by atoms with Crippen molar-refractivity contribution in [2.24, 2.45) is 0 Å². The molecule has 0 aliphatic rings. The van der Waals surface area contributed by atoms with Crippen molar-refractivity contribution in [1.82, 2.24) is 0 Å². The van der Waals surface area contributed by atoms with Gasteiger partial charge in [0.1, 0.15) is 6.61 Å². The van der Waals surface area contributed by atoms with Crippen LogP contribution in [0.5, 0.6) is 0 Å². The topological polar surface area (TPSA) is 46.5 Å². The number of carbonyl (C=O) groups is 1. The van der Waals surface area contributed by atoms with Gasteiger partial charge in [0, 0.05) is 0 Å². The highest BCUT2D eigenvalue weighted by Crippen LogP contribution is 2.26. The summed E-state index contributed by atoms with van der Waals surface area (Å²) in [5, 5.41) is 8.80. The minimum absolute atomic E-state index is 0.107.